The van der Waals surface area contributed by atoms with E-state index in [1.54, 1.807) is 0 Å². The first-order valence-electron chi connectivity index (χ1n) is 10.9. The summed E-state index contributed by atoms with van der Waals surface area (Å²) in [5, 5.41) is 41.7. The predicted octanol–water partition coefficient (Wildman–Crippen LogP) is 2.92. The summed E-state index contributed by atoms with van der Waals surface area (Å²) in [7, 11) is 0. The van der Waals surface area contributed by atoms with Crippen molar-refractivity contribution < 1.29 is 30.0 Å². The number of hydrogen-bond donors (Lipinski definition) is 4. The molecule has 0 amide bonds. The molecule has 6 nitrogen and oxygen atoms in total. The molecule has 31 heavy (non-hydrogen) atoms. The first-order valence-corrected chi connectivity index (χ1v) is 10.9. The Morgan fingerprint density at radius 1 is 1.35 bits per heavy atom. The summed E-state index contributed by atoms with van der Waals surface area (Å²) >= 11 is 0. The molecule has 2 fully saturated rings. The molecule has 0 spiro atoms. The molecular formula is C25H34O6. The Labute approximate surface area is 183 Å². The number of carboxylic acids is 1. The lowest BCUT2D eigenvalue weighted by Gasteiger charge is -2.47. The highest BCUT2D eigenvalue weighted by atomic mass is 16.6. The Morgan fingerprint density at radius 2 is 2.06 bits per heavy atom. The highest BCUT2D eigenvalue weighted by Gasteiger charge is 2.67. The topological polar surface area (TPSA) is 111 Å². The molecule has 2 unspecified atom stereocenters. The summed E-state index contributed by atoms with van der Waals surface area (Å²) in [6, 6.07) is 0. The van der Waals surface area contributed by atoms with E-state index in [1.807, 2.05) is 26.0 Å². The van der Waals surface area contributed by atoms with Crippen molar-refractivity contribution in [3.05, 3.63) is 59.8 Å². The maximum atomic E-state index is 11.8. The third kappa shape index (κ3) is 4.62. The minimum Gasteiger partial charge on any atom is -0.478 e. The fourth-order valence-electron chi connectivity index (χ4n) is 5.13. The highest BCUT2D eigenvalue weighted by molar-refractivity contribution is 5.80. The number of carbonyl (C=O) groups is 1. The Kier molecular flexibility index (Phi) is 6.77. The van der Waals surface area contributed by atoms with E-state index in [4.69, 9.17) is 9.84 Å². The van der Waals surface area contributed by atoms with E-state index in [2.05, 4.69) is 13.0 Å². The average Bonchev–Trinajstić information content (AvgIpc) is 3.52. The normalized spacial score (nSPS) is 38.6. The largest absolute Gasteiger partial charge is 0.478 e. The molecule has 1 heterocycles. The van der Waals surface area contributed by atoms with E-state index >= 15 is 0 Å². The SMILES string of the molecule is C/C=C(\C)[C@@]1(O)[C@@H](/C=C/C(O)C(C)(O)/C=C/C=C/C(=O)O)[C@@H]2CC=C(C)C[C@H]2[C@@H]2O[C@@H]21. The van der Waals surface area contributed by atoms with Gasteiger partial charge < -0.3 is 25.2 Å². The van der Waals surface area contributed by atoms with E-state index in [0.717, 1.165) is 24.5 Å². The van der Waals surface area contributed by atoms with E-state index in [9.17, 15) is 20.1 Å². The molecule has 2 aliphatic carbocycles. The summed E-state index contributed by atoms with van der Waals surface area (Å²) < 4.78 is 5.99. The van der Waals surface area contributed by atoms with Crippen molar-refractivity contribution in [2.45, 2.75) is 70.1 Å². The zero-order chi connectivity index (χ0) is 23.0. The molecule has 4 N–H and O–H groups in total. The van der Waals surface area contributed by atoms with Gasteiger partial charge >= 0.3 is 5.97 Å². The molecule has 6 heteroatoms. The van der Waals surface area contributed by atoms with Crippen molar-refractivity contribution in [1.29, 1.82) is 0 Å². The van der Waals surface area contributed by atoms with Crippen LogP contribution in [0.3, 0.4) is 0 Å². The number of allylic oxidation sites excluding steroid dienone is 5. The molecular weight excluding hydrogens is 396 g/mol. The third-order valence-corrected chi connectivity index (χ3v) is 7.14. The Morgan fingerprint density at radius 3 is 2.71 bits per heavy atom. The molecule has 0 bridgehead atoms. The fraction of sp³-hybridized carbons (Fsp3) is 0.560. The maximum absolute atomic E-state index is 11.8. The van der Waals surface area contributed by atoms with Gasteiger partial charge in [-0.2, -0.15) is 0 Å². The standard InChI is InChI=1S/C25H34O6/c1-5-16(3)25(30)19(17-10-9-15(2)14-18(17)22-23(25)31-22)11-12-20(26)24(4,29)13-7-6-8-21(27)28/h5-9,11-13,17-20,22-23,26,29-30H,10,14H2,1-4H3,(H,27,28)/b8-6+,12-11+,13-7+,16-5+/t17-,18-,19+,20?,22+,23+,24?,25-/m1/s1. The predicted molar refractivity (Wildman–Crippen MR) is 118 cm³/mol. The van der Waals surface area contributed by atoms with Crippen molar-refractivity contribution in [2.75, 3.05) is 0 Å². The van der Waals surface area contributed by atoms with Gasteiger partial charge in [-0.05, 0) is 57.9 Å². The number of fused-ring (bicyclic) bond motifs is 3. The van der Waals surface area contributed by atoms with Gasteiger partial charge in [-0.25, -0.2) is 4.79 Å². The molecule has 8 atom stereocenters. The molecule has 1 saturated heterocycles. The molecule has 3 rings (SSSR count). The van der Waals surface area contributed by atoms with Crippen LogP contribution in [0.2, 0.25) is 0 Å². The van der Waals surface area contributed by atoms with Crippen LogP contribution in [-0.4, -0.2) is 55.9 Å². The molecule has 0 aromatic rings. The van der Waals surface area contributed by atoms with Crippen molar-refractivity contribution in [3.8, 4) is 0 Å². The van der Waals surface area contributed by atoms with Crippen LogP contribution in [0.15, 0.2) is 59.8 Å². The third-order valence-electron chi connectivity index (χ3n) is 7.14. The summed E-state index contributed by atoms with van der Waals surface area (Å²) in [4.78, 5) is 10.6. The van der Waals surface area contributed by atoms with Crippen molar-refractivity contribution in [1.82, 2.24) is 0 Å². The second-order valence-corrected chi connectivity index (χ2v) is 9.27. The van der Waals surface area contributed by atoms with E-state index < -0.39 is 23.3 Å². The van der Waals surface area contributed by atoms with Gasteiger partial charge in [0, 0.05) is 12.0 Å². The zero-order valence-electron chi connectivity index (χ0n) is 18.6. The number of rotatable bonds is 7. The monoisotopic (exact) mass is 430 g/mol. The lowest BCUT2D eigenvalue weighted by molar-refractivity contribution is -0.131. The van der Waals surface area contributed by atoms with Crippen molar-refractivity contribution >= 4 is 5.97 Å². The number of aliphatic hydroxyl groups excluding tert-OH is 1. The van der Waals surface area contributed by atoms with Crippen molar-refractivity contribution in [2.24, 2.45) is 17.8 Å². The zero-order valence-corrected chi connectivity index (χ0v) is 18.6. The van der Waals surface area contributed by atoms with Crippen LogP contribution in [0, 0.1) is 17.8 Å². The summed E-state index contributed by atoms with van der Waals surface area (Å²) in [5.74, 6) is -0.848. The van der Waals surface area contributed by atoms with Crippen molar-refractivity contribution in [3.63, 3.8) is 0 Å². The maximum Gasteiger partial charge on any atom is 0.328 e. The minimum absolute atomic E-state index is 0.0511. The molecule has 0 radical (unpaired) electrons. The van der Waals surface area contributed by atoms with E-state index in [1.165, 1.54) is 36.8 Å². The van der Waals surface area contributed by atoms with Gasteiger partial charge in [0.15, 0.2) is 0 Å². The highest BCUT2D eigenvalue weighted by Crippen LogP contribution is 2.58. The first kappa shape index (κ1) is 23.7. The van der Waals surface area contributed by atoms with Crippen LogP contribution in [-0.2, 0) is 9.53 Å². The first-order chi connectivity index (χ1) is 14.5. The number of aliphatic carboxylic acids is 1. The van der Waals surface area contributed by atoms with Crippen LogP contribution in [0.25, 0.3) is 0 Å². The second-order valence-electron chi connectivity index (χ2n) is 9.27. The lowest BCUT2D eigenvalue weighted by atomic mass is 9.58. The van der Waals surface area contributed by atoms with Crippen LogP contribution >= 0.6 is 0 Å². The number of ether oxygens (including phenoxy) is 1. The molecule has 1 aliphatic heterocycles. The fourth-order valence-corrected chi connectivity index (χ4v) is 5.13. The Balaban J connectivity index is 1.86. The smallest absolute Gasteiger partial charge is 0.328 e. The number of hydrogen-bond acceptors (Lipinski definition) is 5. The van der Waals surface area contributed by atoms with Gasteiger partial charge in [-0.3, -0.25) is 0 Å². The Hall–Kier alpha value is -1.99. The number of epoxide rings is 1. The molecule has 0 aromatic carbocycles. The van der Waals surface area contributed by atoms with Crippen LogP contribution < -0.4 is 0 Å². The quantitative estimate of drug-likeness (QED) is 0.214. The second kappa shape index (κ2) is 8.87. The van der Waals surface area contributed by atoms with Crippen LogP contribution in [0.5, 0.6) is 0 Å². The van der Waals surface area contributed by atoms with Gasteiger partial charge in [0.05, 0.1) is 6.10 Å². The molecule has 170 valence electrons. The molecule has 0 aromatic heterocycles. The molecule has 1 saturated carbocycles. The Bertz CT molecular complexity index is 848. The van der Waals surface area contributed by atoms with Crippen LogP contribution in [0.4, 0.5) is 0 Å². The summed E-state index contributed by atoms with van der Waals surface area (Å²) in [5.41, 5.74) is -0.557. The van der Waals surface area contributed by atoms with Crippen LogP contribution in [0.1, 0.15) is 40.5 Å². The number of aliphatic hydroxyl groups is 3. The average molecular weight is 431 g/mol. The van der Waals surface area contributed by atoms with Gasteiger partial charge in [-0.15, -0.1) is 0 Å². The summed E-state index contributed by atoms with van der Waals surface area (Å²) in [6.07, 6.45) is 12.8. The van der Waals surface area contributed by atoms with E-state index in [-0.39, 0.29) is 24.0 Å². The minimum atomic E-state index is -1.59. The lowest BCUT2D eigenvalue weighted by Crippen LogP contribution is -2.54. The van der Waals surface area contributed by atoms with E-state index in [0.29, 0.717) is 5.92 Å². The summed E-state index contributed by atoms with van der Waals surface area (Å²) in [6.45, 7) is 7.39. The van der Waals surface area contributed by atoms with Gasteiger partial charge in [0.25, 0.3) is 0 Å². The number of carboxylic acid groups (broad SMARTS) is 1. The van der Waals surface area contributed by atoms with Gasteiger partial charge in [0.1, 0.15) is 23.4 Å². The molecule has 3 aliphatic rings. The van der Waals surface area contributed by atoms with Gasteiger partial charge in [0.2, 0.25) is 0 Å². The van der Waals surface area contributed by atoms with Gasteiger partial charge in [-0.1, -0.05) is 48.1 Å².